The molecule has 1 N–H and O–H groups in total. The number of rotatable bonds is 9. The van der Waals surface area contributed by atoms with E-state index in [1.54, 1.807) is 12.1 Å². The van der Waals surface area contributed by atoms with Gasteiger partial charge in [-0.3, -0.25) is 10.1 Å². The van der Waals surface area contributed by atoms with E-state index in [9.17, 15) is 18.5 Å². The summed E-state index contributed by atoms with van der Waals surface area (Å²) in [5.41, 5.74) is 3.86. The molecule has 9 atom stereocenters. The molecule has 2 saturated heterocycles. The van der Waals surface area contributed by atoms with E-state index in [1.165, 1.54) is 63.4 Å². The van der Waals surface area contributed by atoms with Gasteiger partial charge in [-0.25, -0.2) is 8.42 Å². The van der Waals surface area contributed by atoms with E-state index in [4.69, 9.17) is 0 Å². The van der Waals surface area contributed by atoms with Crippen molar-refractivity contribution in [1.29, 1.82) is 0 Å². The minimum Gasteiger partial charge on any atom is -0.366 e. The zero-order valence-electron chi connectivity index (χ0n) is 32.5. The second-order valence-corrected chi connectivity index (χ2v) is 21.7. The number of nitrogens with zero attached hydrogens (tertiary/aromatic N) is 3. The Kier molecular flexibility index (Phi) is 9.60. The Balaban J connectivity index is 1.08. The van der Waals surface area contributed by atoms with Crippen molar-refractivity contribution in [3.63, 3.8) is 0 Å². The van der Waals surface area contributed by atoms with Crippen LogP contribution in [-0.4, -0.2) is 74.6 Å². The van der Waals surface area contributed by atoms with Gasteiger partial charge >= 0.3 is 0 Å². The summed E-state index contributed by atoms with van der Waals surface area (Å²) in [7, 11) is -2.83. The minimum absolute atomic E-state index is 0.0300. The fourth-order valence-electron chi connectivity index (χ4n) is 14.2. The lowest BCUT2D eigenvalue weighted by molar-refractivity contribution is -0.384. The van der Waals surface area contributed by atoms with Crippen molar-refractivity contribution in [3.05, 3.63) is 46.5 Å². The molecule has 4 saturated carbocycles. The molecule has 2 heterocycles. The summed E-state index contributed by atoms with van der Waals surface area (Å²) in [6.07, 6.45) is 12.7. The molecule has 1 aromatic rings. The van der Waals surface area contributed by atoms with Crippen LogP contribution in [0.25, 0.3) is 0 Å². The number of nitro benzene ring substituents is 1. The minimum atomic E-state index is -2.83. The third-order valence-electron chi connectivity index (χ3n) is 17.0. The molecule has 4 aliphatic carbocycles. The Morgan fingerprint density at radius 3 is 2.27 bits per heavy atom. The summed E-state index contributed by atoms with van der Waals surface area (Å²) in [6, 6.07) is 7.28. The van der Waals surface area contributed by atoms with Crippen molar-refractivity contribution in [2.45, 2.75) is 111 Å². The Bertz CT molecular complexity index is 1600. The molecule has 0 bridgehead atoms. The fourth-order valence-corrected chi connectivity index (χ4v) is 15.5. The Labute approximate surface area is 308 Å². The number of hydrogen-bond acceptors (Lipinski definition) is 7. The van der Waals surface area contributed by atoms with Gasteiger partial charge in [0.15, 0.2) is 9.84 Å². The van der Waals surface area contributed by atoms with Crippen molar-refractivity contribution >= 4 is 21.2 Å². The number of nitro groups is 1. The Morgan fingerprint density at radius 1 is 0.902 bits per heavy atom. The summed E-state index contributed by atoms with van der Waals surface area (Å²) >= 11 is 0. The SMILES string of the molecule is C=C(C)[C@@H]1CC[C@]2(CNCCCN3CCS(=O)(=O)CC3)CC[C@]3(C)[C@H](CC[C@@H]4[C@@]5(C)CCN(c6ccc([N+](=O)[O-])cc6)C(C)(C)[C@@H]5CC[C@]43C)[C@@H]12. The van der Waals surface area contributed by atoms with Crippen LogP contribution < -0.4 is 10.2 Å². The number of sulfone groups is 1. The van der Waals surface area contributed by atoms with Crippen LogP contribution in [-0.2, 0) is 9.84 Å². The van der Waals surface area contributed by atoms with Crippen LogP contribution in [0.5, 0.6) is 0 Å². The van der Waals surface area contributed by atoms with Gasteiger partial charge in [-0.15, -0.1) is 0 Å². The van der Waals surface area contributed by atoms with Gasteiger partial charge in [0.2, 0.25) is 0 Å². The van der Waals surface area contributed by atoms with Crippen molar-refractivity contribution in [1.82, 2.24) is 10.2 Å². The molecule has 1 aromatic carbocycles. The molecule has 7 rings (SSSR count). The van der Waals surface area contributed by atoms with Crippen LogP contribution in [0.3, 0.4) is 0 Å². The molecule has 6 fully saturated rings. The molecule has 8 nitrogen and oxygen atoms in total. The zero-order chi connectivity index (χ0) is 36.6. The van der Waals surface area contributed by atoms with Gasteiger partial charge in [-0.2, -0.15) is 0 Å². The lowest BCUT2D eigenvalue weighted by atomic mass is 9.33. The maximum absolute atomic E-state index is 11.9. The van der Waals surface area contributed by atoms with Crippen LogP contribution in [0.2, 0.25) is 0 Å². The van der Waals surface area contributed by atoms with Gasteiger partial charge in [0.05, 0.1) is 16.4 Å². The molecule has 9 heteroatoms. The largest absolute Gasteiger partial charge is 0.366 e. The monoisotopic (exact) mass is 722 g/mol. The number of anilines is 1. The van der Waals surface area contributed by atoms with Crippen molar-refractivity contribution in [2.24, 2.45) is 51.2 Å². The zero-order valence-corrected chi connectivity index (χ0v) is 33.3. The molecular weight excluding hydrogens is 657 g/mol. The lowest BCUT2D eigenvalue weighted by Crippen LogP contribution is -2.70. The van der Waals surface area contributed by atoms with E-state index in [2.05, 4.69) is 63.2 Å². The van der Waals surface area contributed by atoms with Gasteiger partial charge in [0.1, 0.15) is 0 Å². The van der Waals surface area contributed by atoms with Crippen LogP contribution in [0.15, 0.2) is 36.4 Å². The summed E-state index contributed by atoms with van der Waals surface area (Å²) in [5.74, 6) is 3.92. The van der Waals surface area contributed by atoms with Gasteiger partial charge in [0.25, 0.3) is 5.69 Å². The highest BCUT2D eigenvalue weighted by atomic mass is 32.2. The first-order valence-electron chi connectivity index (χ1n) is 20.3. The highest BCUT2D eigenvalue weighted by molar-refractivity contribution is 7.91. The molecule has 6 aliphatic rings. The topological polar surface area (TPSA) is 95.8 Å². The molecule has 284 valence electrons. The first-order valence-corrected chi connectivity index (χ1v) is 22.1. The van der Waals surface area contributed by atoms with Gasteiger partial charge in [-0.1, -0.05) is 32.9 Å². The van der Waals surface area contributed by atoms with Crippen LogP contribution in [0, 0.1) is 61.4 Å². The number of fused-ring (bicyclic) bond motifs is 7. The Hall–Kier alpha value is -1.97. The number of nitrogens with one attached hydrogen (secondary N) is 1. The van der Waals surface area contributed by atoms with Crippen molar-refractivity contribution in [2.75, 3.05) is 55.7 Å². The van der Waals surface area contributed by atoms with Crippen molar-refractivity contribution < 1.29 is 13.3 Å². The number of allylic oxidation sites excluding steroid dienone is 1. The van der Waals surface area contributed by atoms with E-state index in [-0.39, 0.29) is 21.6 Å². The average Bonchev–Trinajstić information content (AvgIpc) is 3.45. The fraction of sp³-hybridized carbons (Fsp3) is 0.810. The lowest BCUT2D eigenvalue weighted by Gasteiger charge is -2.73. The highest BCUT2D eigenvalue weighted by Crippen LogP contribution is 2.76. The first kappa shape index (κ1) is 37.3. The third kappa shape index (κ3) is 6.02. The van der Waals surface area contributed by atoms with Crippen LogP contribution in [0.1, 0.15) is 106 Å². The molecule has 0 unspecified atom stereocenters. The molecule has 0 spiro atoms. The number of hydrogen-bond donors (Lipinski definition) is 1. The highest BCUT2D eigenvalue weighted by Gasteiger charge is 2.70. The summed E-state index contributed by atoms with van der Waals surface area (Å²) in [6.45, 7) is 25.4. The van der Waals surface area contributed by atoms with E-state index in [0.29, 0.717) is 64.5 Å². The van der Waals surface area contributed by atoms with Crippen molar-refractivity contribution in [3.8, 4) is 0 Å². The van der Waals surface area contributed by atoms with Gasteiger partial charge in [-0.05, 0) is 161 Å². The van der Waals surface area contributed by atoms with Crippen LogP contribution >= 0.6 is 0 Å². The predicted octanol–water partition coefficient (Wildman–Crippen LogP) is 8.13. The third-order valence-corrected chi connectivity index (χ3v) is 18.7. The molecule has 0 amide bonds. The maximum Gasteiger partial charge on any atom is 0.269 e. The first-order chi connectivity index (χ1) is 24.0. The standard InChI is InChI=1S/C42H66N4O4S/c1-30(2)33-15-18-42(29-43-22-8-23-44-25-27-51(49,50)28-26-44)20-19-40(6)34(37(33)42)13-14-36-39(5)21-24-45(31-9-11-32(12-10-31)46(47)48)38(3,4)35(39)16-17-41(36,40)7/h9-12,33-37,43H,1,8,13-29H2,2-7H3/t33-,34+,35-,36+,37+,39-,40+,41+,42+/m0/s1. The summed E-state index contributed by atoms with van der Waals surface area (Å²) in [5, 5.41) is 15.3. The smallest absolute Gasteiger partial charge is 0.269 e. The molecular formula is C42H66N4O4S. The second kappa shape index (κ2) is 13.1. The molecule has 0 aromatic heterocycles. The second-order valence-electron chi connectivity index (χ2n) is 19.4. The Morgan fingerprint density at radius 2 is 1.61 bits per heavy atom. The van der Waals surface area contributed by atoms with E-state index < -0.39 is 9.84 Å². The van der Waals surface area contributed by atoms with E-state index in [0.717, 1.165) is 44.2 Å². The quantitative estimate of drug-likeness (QED) is 0.119. The number of benzene rings is 1. The summed E-state index contributed by atoms with van der Waals surface area (Å²) < 4.78 is 23.7. The van der Waals surface area contributed by atoms with E-state index in [1.807, 2.05) is 12.1 Å². The normalized spacial score (nSPS) is 41.5. The van der Waals surface area contributed by atoms with Crippen LogP contribution in [0.4, 0.5) is 11.4 Å². The predicted molar refractivity (Wildman–Crippen MR) is 208 cm³/mol. The number of non-ortho nitro benzene ring substituents is 1. The summed E-state index contributed by atoms with van der Waals surface area (Å²) in [4.78, 5) is 16.0. The van der Waals surface area contributed by atoms with E-state index >= 15 is 0 Å². The molecule has 2 aliphatic heterocycles. The molecule has 51 heavy (non-hydrogen) atoms. The van der Waals surface area contributed by atoms with Gasteiger partial charge in [0, 0.05) is 49.5 Å². The molecule has 0 radical (unpaired) electrons. The maximum atomic E-state index is 11.9. The van der Waals surface area contributed by atoms with Gasteiger partial charge < -0.3 is 15.1 Å². The number of piperidine rings is 1. The average molecular weight is 723 g/mol.